The van der Waals surface area contributed by atoms with Gasteiger partial charge in [-0.3, -0.25) is 9.59 Å². The maximum Gasteiger partial charge on any atom is 0.303 e. The maximum absolute atomic E-state index is 11.4. The van der Waals surface area contributed by atoms with Gasteiger partial charge in [-0.15, -0.1) is 0 Å². The number of carbonyl (C=O) groups is 2. The Morgan fingerprint density at radius 1 is 1.36 bits per heavy atom. The SMILES string of the molecule is CCCC(C)N(C)C(=O)CCC(=O)O. The van der Waals surface area contributed by atoms with Crippen molar-refractivity contribution in [1.82, 2.24) is 4.90 Å². The number of carboxylic acids is 1. The minimum absolute atomic E-state index is 0.0813. The molecule has 4 nitrogen and oxygen atoms in total. The first-order chi connectivity index (χ1) is 6.49. The Bertz CT molecular complexity index is 204. The molecule has 0 radical (unpaired) electrons. The van der Waals surface area contributed by atoms with Crippen LogP contribution in [0.3, 0.4) is 0 Å². The molecule has 0 heterocycles. The fraction of sp³-hybridized carbons (Fsp3) is 0.800. The third-order valence-electron chi connectivity index (χ3n) is 2.31. The Morgan fingerprint density at radius 2 is 1.93 bits per heavy atom. The van der Waals surface area contributed by atoms with E-state index in [0.29, 0.717) is 0 Å². The highest BCUT2D eigenvalue weighted by molar-refractivity contribution is 5.80. The summed E-state index contributed by atoms with van der Waals surface area (Å²) in [6, 6.07) is 0.196. The van der Waals surface area contributed by atoms with Crippen LogP contribution in [0.15, 0.2) is 0 Å². The summed E-state index contributed by atoms with van der Waals surface area (Å²) in [5.74, 6) is -1.01. The van der Waals surface area contributed by atoms with Crippen LogP contribution < -0.4 is 0 Å². The molecular weight excluding hydrogens is 182 g/mol. The van der Waals surface area contributed by atoms with Crippen LogP contribution in [0.25, 0.3) is 0 Å². The summed E-state index contributed by atoms with van der Waals surface area (Å²) in [6.07, 6.45) is 1.99. The Kier molecular flexibility index (Phi) is 5.92. The van der Waals surface area contributed by atoms with E-state index in [0.717, 1.165) is 12.8 Å². The fourth-order valence-corrected chi connectivity index (χ4v) is 1.25. The van der Waals surface area contributed by atoms with Gasteiger partial charge in [-0.25, -0.2) is 0 Å². The van der Waals surface area contributed by atoms with Crippen molar-refractivity contribution in [2.24, 2.45) is 0 Å². The molecule has 1 amide bonds. The third kappa shape index (κ3) is 4.84. The van der Waals surface area contributed by atoms with Gasteiger partial charge in [-0.05, 0) is 13.3 Å². The topological polar surface area (TPSA) is 57.6 Å². The van der Waals surface area contributed by atoms with Crippen molar-refractivity contribution < 1.29 is 14.7 Å². The highest BCUT2D eigenvalue weighted by Gasteiger charge is 2.15. The van der Waals surface area contributed by atoms with Crippen molar-refractivity contribution in [3.05, 3.63) is 0 Å². The zero-order valence-electron chi connectivity index (χ0n) is 9.12. The number of amides is 1. The van der Waals surface area contributed by atoms with Gasteiger partial charge >= 0.3 is 5.97 Å². The smallest absolute Gasteiger partial charge is 0.303 e. The number of carbonyl (C=O) groups excluding carboxylic acids is 1. The molecule has 0 fully saturated rings. The van der Waals surface area contributed by atoms with Gasteiger partial charge in [0, 0.05) is 19.5 Å². The quantitative estimate of drug-likeness (QED) is 0.708. The van der Waals surface area contributed by atoms with Crippen molar-refractivity contribution in [2.45, 2.75) is 45.6 Å². The molecular formula is C10H19NO3. The average Bonchev–Trinajstić information content (AvgIpc) is 2.13. The van der Waals surface area contributed by atoms with Crippen molar-refractivity contribution in [2.75, 3.05) is 7.05 Å². The Balaban J connectivity index is 3.91. The molecule has 0 aromatic carbocycles. The molecule has 14 heavy (non-hydrogen) atoms. The second-order valence-electron chi connectivity index (χ2n) is 3.54. The number of nitrogens with zero attached hydrogens (tertiary/aromatic N) is 1. The molecule has 1 N–H and O–H groups in total. The summed E-state index contributed by atoms with van der Waals surface area (Å²) in [6.45, 7) is 4.04. The summed E-state index contributed by atoms with van der Waals surface area (Å²) in [4.78, 5) is 23.3. The molecule has 0 saturated carbocycles. The summed E-state index contributed by atoms with van der Waals surface area (Å²) in [5, 5.41) is 8.42. The molecule has 0 rings (SSSR count). The zero-order chi connectivity index (χ0) is 11.1. The van der Waals surface area contributed by atoms with Crippen LogP contribution in [-0.4, -0.2) is 35.0 Å². The van der Waals surface area contributed by atoms with E-state index in [1.165, 1.54) is 0 Å². The lowest BCUT2D eigenvalue weighted by molar-refractivity contribution is -0.141. The number of rotatable bonds is 6. The van der Waals surface area contributed by atoms with Crippen LogP contribution in [0.1, 0.15) is 39.5 Å². The standard InChI is InChI=1S/C10H19NO3/c1-4-5-8(2)11(3)9(12)6-7-10(13)14/h8H,4-7H2,1-3H3,(H,13,14). The van der Waals surface area contributed by atoms with Crippen molar-refractivity contribution in [1.29, 1.82) is 0 Å². The molecule has 0 aliphatic rings. The van der Waals surface area contributed by atoms with Crippen LogP contribution in [-0.2, 0) is 9.59 Å². The molecule has 0 bridgehead atoms. The van der Waals surface area contributed by atoms with Gasteiger partial charge in [0.2, 0.25) is 5.91 Å². The van der Waals surface area contributed by atoms with Gasteiger partial charge in [-0.2, -0.15) is 0 Å². The van der Waals surface area contributed by atoms with E-state index in [4.69, 9.17) is 5.11 Å². The van der Waals surface area contributed by atoms with Gasteiger partial charge < -0.3 is 10.0 Å². The summed E-state index contributed by atoms with van der Waals surface area (Å²) >= 11 is 0. The van der Waals surface area contributed by atoms with E-state index in [2.05, 4.69) is 6.92 Å². The molecule has 0 aliphatic heterocycles. The first kappa shape index (κ1) is 12.9. The maximum atomic E-state index is 11.4. The molecule has 0 aliphatic carbocycles. The minimum atomic E-state index is -0.921. The number of hydrogen-bond donors (Lipinski definition) is 1. The van der Waals surface area contributed by atoms with Crippen LogP contribution in [0.2, 0.25) is 0 Å². The van der Waals surface area contributed by atoms with Gasteiger partial charge in [0.1, 0.15) is 0 Å². The summed E-state index contributed by atoms with van der Waals surface area (Å²) in [5.41, 5.74) is 0. The van der Waals surface area contributed by atoms with Crippen LogP contribution in [0.5, 0.6) is 0 Å². The largest absolute Gasteiger partial charge is 0.481 e. The highest BCUT2D eigenvalue weighted by Crippen LogP contribution is 2.06. The number of aliphatic carboxylic acids is 1. The first-order valence-corrected chi connectivity index (χ1v) is 4.96. The first-order valence-electron chi connectivity index (χ1n) is 4.96. The third-order valence-corrected chi connectivity index (χ3v) is 2.31. The Labute approximate surface area is 84.9 Å². The normalized spacial score (nSPS) is 12.2. The number of hydrogen-bond acceptors (Lipinski definition) is 2. The second-order valence-corrected chi connectivity index (χ2v) is 3.54. The fourth-order valence-electron chi connectivity index (χ4n) is 1.25. The average molecular weight is 201 g/mol. The molecule has 0 aromatic rings. The minimum Gasteiger partial charge on any atom is -0.481 e. The summed E-state index contributed by atoms with van der Waals surface area (Å²) in [7, 11) is 1.73. The van der Waals surface area contributed by atoms with Gasteiger partial charge in [-0.1, -0.05) is 13.3 Å². The van der Waals surface area contributed by atoms with E-state index in [1.807, 2.05) is 6.92 Å². The van der Waals surface area contributed by atoms with Crippen molar-refractivity contribution in [3.63, 3.8) is 0 Å². The summed E-state index contributed by atoms with van der Waals surface area (Å²) < 4.78 is 0. The van der Waals surface area contributed by atoms with Crippen molar-refractivity contribution >= 4 is 11.9 Å². The Hall–Kier alpha value is -1.06. The van der Waals surface area contributed by atoms with E-state index < -0.39 is 5.97 Å². The van der Waals surface area contributed by atoms with Crippen molar-refractivity contribution in [3.8, 4) is 0 Å². The second kappa shape index (κ2) is 6.40. The monoisotopic (exact) mass is 201 g/mol. The zero-order valence-corrected chi connectivity index (χ0v) is 9.12. The molecule has 1 unspecified atom stereocenters. The van der Waals surface area contributed by atoms with Crippen LogP contribution in [0.4, 0.5) is 0 Å². The molecule has 0 spiro atoms. The molecule has 1 atom stereocenters. The van der Waals surface area contributed by atoms with Crippen LogP contribution >= 0.6 is 0 Å². The lowest BCUT2D eigenvalue weighted by Gasteiger charge is -2.24. The van der Waals surface area contributed by atoms with Crippen LogP contribution in [0, 0.1) is 0 Å². The lowest BCUT2D eigenvalue weighted by atomic mass is 10.1. The van der Waals surface area contributed by atoms with E-state index in [-0.39, 0.29) is 24.8 Å². The lowest BCUT2D eigenvalue weighted by Crippen LogP contribution is -2.35. The molecule has 4 heteroatoms. The van der Waals surface area contributed by atoms with Gasteiger partial charge in [0.05, 0.1) is 6.42 Å². The molecule has 0 saturated heterocycles. The van der Waals surface area contributed by atoms with E-state index in [9.17, 15) is 9.59 Å². The van der Waals surface area contributed by atoms with Gasteiger partial charge in [0.15, 0.2) is 0 Å². The Morgan fingerprint density at radius 3 is 2.36 bits per heavy atom. The number of carboxylic acid groups (broad SMARTS) is 1. The van der Waals surface area contributed by atoms with Gasteiger partial charge in [0.25, 0.3) is 0 Å². The predicted molar refractivity (Wildman–Crippen MR) is 54.0 cm³/mol. The highest BCUT2D eigenvalue weighted by atomic mass is 16.4. The molecule has 0 aromatic heterocycles. The predicted octanol–water partition coefficient (Wildman–Crippen LogP) is 1.50. The van der Waals surface area contributed by atoms with E-state index in [1.54, 1.807) is 11.9 Å². The molecule has 82 valence electrons. The van der Waals surface area contributed by atoms with E-state index >= 15 is 0 Å².